The first kappa shape index (κ1) is 87.0. The molecular formula is C93H125N15O9S3. The molecule has 8 unspecified atom stereocenters. The van der Waals surface area contributed by atoms with Gasteiger partial charge in [-0.2, -0.15) is 5.10 Å². The molecule has 24 nitrogen and oxygen atoms in total. The fraction of sp³-hybridized carbons (Fsp3) is 0.538. The number of carbonyl (C=O) groups is 9. The van der Waals surface area contributed by atoms with Crippen molar-refractivity contribution in [3.05, 3.63) is 180 Å². The van der Waals surface area contributed by atoms with Crippen molar-refractivity contribution in [3.63, 3.8) is 0 Å². The number of nitrogens with zero attached hydrogens (tertiary/aromatic N) is 12. The van der Waals surface area contributed by atoms with Crippen LogP contribution < -0.4 is 16.0 Å². The summed E-state index contributed by atoms with van der Waals surface area (Å²) < 4.78 is 1.84. The number of hydrogen-bond acceptors (Lipinski definition) is 14. The van der Waals surface area contributed by atoms with Crippen LogP contribution in [0.2, 0.25) is 0 Å². The minimum Gasteiger partial charge on any atom is -0.342 e. The molecule has 6 fully saturated rings. The van der Waals surface area contributed by atoms with Gasteiger partial charge in [-0.3, -0.25) is 33.8 Å². The third-order valence-electron chi connectivity index (χ3n) is 25.7. The summed E-state index contributed by atoms with van der Waals surface area (Å²) in [4.78, 5) is 142. The Kier molecular flexibility index (Phi) is 29.1. The number of amides is 12. The summed E-state index contributed by atoms with van der Waals surface area (Å²) in [6.07, 6.45) is 21.5. The number of likely N-dealkylation sites (tertiary alicyclic amines) is 3. The molecule has 0 saturated carbocycles. The lowest BCUT2D eigenvalue weighted by Crippen LogP contribution is -2.51. The highest BCUT2D eigenvalue weighted by atomic mass is 32.2. The van der Waals surface area contributed by atoms with Gasteiger partial charge in [-0.1, -0.05) is 139 Å². The standard InChI is InChI=1S/C33H40N6O3S.C32H46N4O3S.C28H35N5O3S.2H2/c1-23(2)12-20-38-31(41)29(43-32(38)26-9-4-6-11-28(26)39-17-7-16-34-39)22-30(40)36-18-14-25(15-19-36)37-21-13-24-8-3-5-10-27(24)35-33(37)42;1-21(2)12-18-36-30(38)27(40-31(36)29-22(3)8-7-9-23(29)4)20-28(37)34-16-14-25(15-17-34)35-19-13-24-10-5-6-11-26(24)33-32(35)39;1-19(2)9-15-32-26(35)24(37-27(32)20-7-5-12-29-17-20)16-25(34)31-13-10-22(11-14-31)33-18-21-6-3-4-8-23(21)30-28(33)36;;/h3-11,16-17,23,25,29,32H,12-15,18-22H2,1-2H3,(H,35,42);5-6,8,10-11,21,23,25,27,29,31H,7,9,12-20H2,1-4H3,(H,33,39);3-8,12,17,19,22,24,27H,9-11,13-16,18H2,1-2H3,(H,30,36);2*1H. The second-order valence-corrected chi connectivity index (χ2v) is 39.1. The molecule has 2 aromatic heterocycles. The molecular weight excluding hydrogens is 1570 g/mol. The number of allylic oxidation sites excluding steroid dienone is 1. The Balaban J connectivity index is 0.000000166. The van der Waals surface area contributed by atoms with Crippen molar-refractivity contribution in [3.8, 4) is 5.69 Å². The molecule has 16 rings (SSSR count). The number of fused-ring (bicyclic) bond motifs is 3. The summed E-state index contributed by atoms with van der Waals surface area (Å²) in [6.45, 7) is 25.3. The molecule has 644 valence electrons. The monoisotopic (exact) mass is 1690 g/mol. The molecule has 9 aliphatic heterocycles. The zero-order valence-electron chi connectivity index (χ0n) is 71.0. The lowest BCUT2D eigenvalue weighted by atomic mass is 9.79. The van der Waals surface area contributed by atoms with E-state index in [1.807, 2.05) is 153 Å². The molecule has 6 aromatic rings. The summed E-state index contributed by atoms with van der Waals surface area (Å²) in [5, 5.41) is 12.3. The van der Waals surface area contributed by atoms with E-state index in [9.17, 15) is 43.2 Å². The molecule has 0 bridgehead atoms. The van der Waals surface area contributed by atoms with Crippen LogP contribution in [0.3, 0.4) is 0 Å². The maximum atomic E-state index is 13.8. The zero-order valence-corrected chi connectivity index (χ0v) is 73.5. The zero-order chi connectivity index (χ0) is 84.3. The first-order valence-corrected chi connectivity index (χ1v) is 46.7. The Labute approximate surface area is 723 Å². The summed E-state index contributed by atoms with van der Waals surface area (Å²) in [6, 6.07) is 37.8. The van der Waals surface area contributed by atoms with Gasteiger partial charge in [0.05, 0.1) is 26.8 Å². The van der Waals surface area contributed by atoms with Crippen LogP contribution in [0, 0.1) is 29.6 Å². The minimum absolute atomic E-state index is 0. The molecule has 4 aromatic carbocycles. The van der Waals surface area contributed by atoms with Gasteiger partial charge in [0, 0.05) is 178 Å². The molecule has 10 aliphatic rings. The van der Waals surface area contributed by atoms with Crippen LogP contribution in [0.1, 0.15) is 187 Å². The molecule has 8 atom stereocenters. The Hall–Kier alpha value is -9.34. The van der Waals surface area contributed by atoms with E-state index in [1.165, 1.54) is 11.1 Å². The highest BCUT2D eigenvalue weighted by Crippen LogP contribution is 2.49. The third kappa shape index (κ3) is 20.7. The lowest BCUT2D eigenvalue weighted by molar-refractivity contribution is -0.137. The van der Waals surface area contributed by atoms with Gasteiger partial charge in [-0.15, -0.1) is 35.3 Å². The molecule has 0 radical (unpaired) electrons. The van der Waals surface area contributed by atoms with Crippen molar-refractivity contribution >= 4 is 106 Å². The van der Waals surface area contributed by atoms with E-state index in [0.29, 0.717) is 102 Å². The quantitative estimate of drug-likeness (QED) is 0.0535. The number of hydrogen-bond donors (Lipinski definition) is 3. The average Bonchev–Trinajstić information content (AvgIpc) is 1.42. The van der Waals surface area contributed by atoms with E-state index in [2.05, 4.69) is 111 Å². The first-order valence-electron chi connectivity index (χ1n) is 43.8. The Morgan fingerprint density at radius 1 is 0.475 bits per heavy atom. The van der Waals surface area contributed by atoms with E-state index in [0.717, 1.165) is 135 Å². The van der Waals surface area contributed by atoms with Crippen molar-refractivity contribution < 1.29 is 46.0 Å². The van der Waals surface area contributed by atoms with Gasteiger partial charge in [0.1, 0.15) is 10.7 Å². The predicted molar refractivity (Wildman–Crippen MR) is 480 cm³/mol. The highest BCUT2D eigenvalue weighted by Gasteiger charge is 2.49. The first-order chi connectivity index (χ1) is 58.0. The number of nitrogens with one attached hydrogen (secondary N) is 3. The molecule has 6 saturated heterocycles. The molecule has 12 amide bonds. The number of urea groups is 3. The van der Waals surface area contributed by atoms with Gasteiger partial charge in [0.15, 0.2) is 0 Å². The summed E-state index contributed by atoms with van der Waals surface area (Å²) in [5.74, 6) is 2.71. The van der Waals surface area contributed by atoms with Crippen molar-refractivity contribution in [2.45, 2.75) is 215 Å². The number of anilines is 3. The van der Waals surface area contributed by atoms with E-state index in [-0.39, 0.29) is 120 Å². The minimum atomic E-state index is -0.428. The van der Waals surface area contributed by atoms with E-state index < -0.39 is 5.25 Å². The SMILES string of the molecule is CC(C)CCN1C(=O)C(CC(=O)N2CCC(N3CCc4ccccc4NC3=O)CC2)SC1c1ccccc1-n1cccn1.CC(C)CCN1C(=O)C(CC(=O)N2CCC(N3Cc4ccccc4NC3=O)CC2)SC1c1cccnc1.CC1=CCCC(C)C1C1SC(CC(=O)N2CCC(N3CCc4ccccc4NC3=O)CC2)C(=O)N1CCC(C)C.[HH].[HH]. The predicted octanol–water partition coefficient (Wildman–Crippen LogP) is 16.1. The number of carbonyl (C=O) groups excluding carboxylic acids is 9. The Morgan fingerprint density at radius 2 is 0.908 bits per heavy atom. The summed E-state index contributed by atoms with van der Waals surface area (Å²) in [5.41, 5.74) is 10.5. The largest absolute Gasteiger partial charge is 0.342 e. The summed E-state index contributed by atoms with van der Waals surface area (Å²) >= 11 is 4.88. The number of rotatable bonds is 22. The van der Waals surface area contributed by atoms with Gasteiger partial charge in [0.2, 0.25) is 35.4 Å². The van der Waals surface area contributed by atoms with Gasteiger partial charge in [-0.05, 0) is 167 Å². The van der Waals surface area contributed by atoms with Crippen LogP contribution in [0.5, 0.6) is 0 Å². The highest BCUT2D eigenvalue weighted by molar-refractivity contribution is 8.02. The van der Waals surface area contributed by atoms with Crippen molar-refractivity contribution in [1.82, 2.24) is 58.9 Å². The molecule has 0 spiro atoms. The van der Waals surface area contributed by atoms with Crippen molar-refractivity contribution in [2.24, 2.45) is 29.6 Å². The molecule has 1 aliphatic carbocycles. The van der Waals surface area contributed by atoms with Crippen LogP contribution in [0.25, 0.3) is 5.69 Å². The van der Waals surface area contributed by atoms with Crippen LogP contribution in [-0.4, -0.2) is 224 Å². The van der Waals surface area contributed by atoms with Gasteiger partial charge in [0.25, 0.3) is 0 Å². The van der Waals surface area contributed by atoms with Crippen LogP contribution in [-0.2, 0) is 48.2 Å². The maximum Gasteiger partial charge on any atom is 0.322 e. The van der Waals surface area contributed by atoms with Crippen LogP contribution >= 0.6 is 35.3 Å². The van der Waals surface area contributed by atoms with Crippen molar-refractivity contribution in [1.29, 1.82) is 0 Å². The van der Waals surface area contributed by atoms with Crippen LogP contribution in [0.15, 0.2) is 152 Å². The normalized spacial score (nSPS) is 23.8. The van der Waals surface area contributed by atoms with Gasteiger partial charge >= 0.3 is 18.1 Å². The van der Waals surface area contributed by atoms with Crippen LogP contribution in [0.4, 0.5) is 31.4 Å². The maximum absolute atomic E-state index is 13.8. The molecule has 11 heterocycles. The number of benzene rings is 4. The van der Waals surface area contributed by atoms with E-state index >= 15 is 0 Å². The average molecular weight is 1690 g/mol. The van der Waals surface area contributed by atoms with Gasteiger partial charge in [-0.25, -0.2) is 19.1 Å². The van der Waals surface area contributed by atoms with Gasteiger partial charge < -0.3 is 60.0 Å². The summed E-state index contributed by atoms with van der Waals surface area (Å²) in [7, 11) is 0. The number of aromatic nitrogens is 3. The third-order valence-corrected chi connectivity index (χ3v) is 30.2. The number of thioether (sulfide) groups is 3. The number of pyridine rings is 1. The second kappa shape index (κ2) is 40.1. The lowest BCUT2D eigenvalue weighted by Gasteiger charge is -2.40. The smallest absolute Gasteiger partial charge is 0.322 e. The second-order valence-electron chi connectivity index (χ2n) is 35.2. The van der Waals surface area contributed by atoms with E-state index in [4.69, 9.17) is 0 Å². The fourth-order valence-electron chi connectivity index (χ4n) is 18.7. The Morgan fingerprint density at radius 3 is 1.39 bits per heavy atom. The Bertz CT molecular complexity index is 4640. The topological polar surface area (TPSA) is 250 Å². The fourth-order valence-corrected chi connectivity index (χ4v) is 23.5. The van der Waals surface area contributed by atoms with E-state index in [1.54, 1.807) is 47.7 Å². The molecule has 120 heavy (non-hydrogen) atoms. The number of piperidine rings is 3. The molecule has 27 heteroatoms. The number of para-hydroxylation sites is 4. The van der Waals surface area contributed by atoms with Crippen molar-refractivity contribution in [2.75, 3.05) is 87.9 Å². The molecule has 3 N–H and O–H groups in total.